The summed E-state index contributed by atoms with van der Waals surface area (Å²) in [7, 11) is 3.21. The van der Waals surface area contributed by atoms with E-state index in [-0.39, 0.29) is 12.3 Å². The third kappa shape index (κ3) is 4.10. The van der Waals surface area contributed by atoms with Crippen molar-refractivity contribution in [3.8, 4) is 11.5 Å². The summed E-state index contributed by atoms with van der Waals surface area (Å²) in [5.74, 6) is 1.32. The number of nitrogens with one attached hydrogen (secondary N) is 1. The fourth-order valence-electron chi connectivity index (χ4n) is 3.35. The predicted octanol–water partition coefficient (Wildman–Crippen LogP) is 3.79. The molecule has 0 bridgehead atoms. The number of aryl methyl sites for hydroxylation is 1. The number of ether oxygens (including phenoxy) is 2. The van der Waals surface area contributed by atoms with Crippen LogP contribution in [-0.2, 0) is 11.2 Å². The molecule has 1 aliphatic heterocycles. The molecule has 1 N–H and O–H groups in total. The van der Waals surface area contributed by atoms with Gasteiger partial charge in [-0.25, -0.2) is 0 Å². The molecule has 0 unspecified atom stereocenters. The van der Waals surface area contributed by atoms with Gasteiger partial charge in [-0.15, -0.1) is 0 Å². The number of carbonyl (C=O) groups is 1. The van der Waals surface area contributed by atoms with E-state index < -0.39 is 0 Å². The van der Waals surface area contributed by atoms with E-state index >= 15 is 0 Å². The molecular weight excluding hydrogens is 328 g/mol. The molecule has 26 heavy (non-hydrogen) atoms. The Morgan fingerprint density at radius 2 is 1.85 bits per heavy atom. The molecule has 0 saturated carbocycles. The highest BCUT2D eigenvalue weighted by molar-refractivity contribution is 5.93. The number of hydrogen-bond donors (Lipinski definition) is 1. The average Bonchev–Trinajstić information content (AvgIpc) is 3.18. The topological polar surface area (TPSA) is 50.8 Å². The molecule has 0 atom stereocenters. The minimum atomic E-state index is -0.0754. The van der Waals surface area contributed by atoms with Crippen LogP contribution in [0.5, 0.6) is 11.5 Å². The van der Waals surface area contributed by atoms with Crippen molar-refractivity contribution in [1.29, 1.82) is 0 Å². The van der Waals surface area contributed by atoms with Gasteiger partial charge in [-0.2, -0.15) is 0 Å². The summed E-state index contributed by atoms with van der Waals surface area (Å²) in [6.45, 7) is 4.25. The summed E-state index contributed by atoms with van der Waals surface area (Å²) in [6, 6.07) is 11.7. The molecule has 5 heteroatoms. The zero-order valence-electron chi connectivity index (χ0n) is 15.7. The smallest absolute Gasteiger partial charge is 0.228 e. The van der Waals surface area contributed by atoms with Crippen LogP contribution in [0.3, 0.4) is 0 Å². The second-order valence-electron chi connectivity index (χ2n) is 6.60. The molecular formula is C21H26N2O3. The zero-order valence-corrected chi connectivity index (χ0v) is 15.7. The Hall–Kier alpha value is -2.69. The molecule has 138 valence electrons. The van der Waals surface area contributed by atoms with Gasteiger partial charge in [-0.05, 0) is 61.7 Å². The van der Waals surface area contributed by atoms with Crippen molar-refractivity contribution in [2.24, 2.45) is 0 Å². The second kappa shape index (κ2) is 8.13. The number of anilines is 2. The molecule has 3 rings (SSSR count). The normalized spacial score (nSPS) is 13.6. The summed E-state index contributed by atoms with van der Waals surface area (Å²) in [4.78, 5) is 14.9. The predicted molar refractivity (Wildman–Crippen MR) is 105 cm³/mol. The van der Waals surface area contributed by atoms with Crippen LogP contribution in [0, 0.1) is 6.92 Å². The number of carbonyl (C=O) groups excluding carboxylic acids is 1. The first-order chi connectivity index (χ1) is 12.6. The number of amides is 1. The van der Waals surface area contributed by atoms with Crippen LogP contribution in [0.4, 0.5) is 11.4 Å². The van der Waals surface area contributed by atoms with Crippen molar-refractivity contribution in [3.05, 3.63) is 47.5 Å². The molecule has 0 aromatic heterocycles. The lowest BCUT2D eigenvalue weighted by Gasteiger charge is -2.19. The summed E-state index contributed by atoms with van der Waals surface area (Å²) >= 11 is 0. The molecule has 0 aliphatic carbocycles. The van der Waals surface area contributed by atoms with E-state index in [2.05, 4.69) is 22.3 Å². The lowest BCUT2D eigenvalue weighted by atomic mass is 10.1. The average molecular weight is 354 g/mol. The van der Waals surface area contributed by atoms with Gasteiger partial charge < -0.3 is 19.7 Å². The SMILES string of the molecule is COc1ccc(OC)c(CC(=O)Nc2ccc(N3CCCC3)cc2C)c1. The Morgan fingerprint density at radius 3 is 2.50 bits per heavy atom. The van der Waals surface area contributed by atoms with Crippen molar-refractivity contribution in [2.75, 3.05) is 37.5 Å². The minimum absolute atomic E-state index is 0.0754. The van der Waals surface area contributed by atoms with E-state index in [0.29, 0.717) is 11.5 Å². The van der Waals surface area contributed by atoms with Crippen LogP contribution in [0.25, 0.3) is 0 Å². The minimum Gasteiger partial charge on any atom is -0.497 e. The molecule has 0 radical (unpaired) electrons. The lowest BCUT2D eigenvalue weighted by molar-refractivity contribution is -0.115. The first-order valence-corrected chi connectivity index (χ1v) is 8.97. The first kappa shape index (κ1) is 18.1. The van der Waals surface area contributed by atoms with E-state index in [0.717, 1.165) is 29.9 Å². The second-order valence-corrected chi connectivity index (χ2v) is 6.60. The Kier molecular flexibility index (Phi) is 5.66. The van der Waals surface area contributed by atoms with Gasteiger partial charge in [0.15, 0.2) is 0 Å². The van der Waals surface area contributed by atoms with Gasteiger partial charge >= 0.3 is 0 Å². The van der Waals surface area contributed by atoms with Crippen molar-refractivity contribution in [2.45, 2.75) is 26.2 Å². The zero-order chi connectivity index (χ0) is 18.5. The largest absolute Gasteiger partial charge is 0.497 e. The van der Waals surface area contributed by atoms with Gasteiger partial charge in [0.2, 0.25) is 5.91 Å². The maximum atomic E-state index is 12.5. The van der Waals surface area contributed by atoms with Gasteiger partial charge in [0, 0.05) is 30.0 Å². The number of nitrogens with zero attached hydrogens (tertiary/aromatic N) is 1. The third-order valence-electron chi connectivity index (χ3n) is 4.79. The summed E-state index contributed by atoms with van der Waals surface area (Å²) in [5, 5.41) is 3.01. The quantitative estimate of drug-likeness (QED) is 0.857. The Labute approximate surface area is 154 Å². The van der Waals surface area contributed by atoms with Gasteiger partial charge in [-0.3, -0.25) is 4.79 Å². The number of hydrogen-bond acceptors (Lipinski definition) is 4. The first-order valence-electron chi connectivity index (χ1n) is 8.97. The maximum absolute atomic E-state index is 12.5. The van der Waals surface area contributed by atoms with Crippen LogP contribution >= 0.6 is 0 Å². The molecule has 1 fully saturated rings. The number of benzene rings is 2. The van der Waals surface area contributed by atoms with Crippen molar-refractivity contribution in [1.82, 2.24) is 0 Å². The summed E-state index contributed by atoms with van der Waals surface area (Å²) in [6.07, 6.45) is 2.73. The third-order valence-corrected chi connectivity index (χ3v) is 4.79. The van der Waals surface area contributed by atoms with Gasteiger partial charge in [0.25, 0.3) is 0 Å². The molecule has 2 aromatic rings. The van der Waals surface area contributed by atoms with Crippen LogP contribution in [0.15, 0.2) is 36.4 Å². The van der Waals surface area contributed by atoms with E-state index in [1.165, 1.54) is 18.5 Å². The van der Waals surface area contributed by atoms with Crippen molar-refractivity contribution >= 4 is 17.3 Å². The molecule has 1 heterocycles. The van der Waals surface area contributed by atoms with E-state index in [1.54, 1.807) is 14.2 Å². The molecule has 5 nitrogen and oxygen atoms in total. The van der Waals surface area contributed by atoms with Crippen LogP contribution in [-0.4, -0.2) is 33.2 Å². The molecule has 1 amide bonds. The van der Waals surface area contributed by atoms with Gasteiger partial charge in [-0.1, -0.05) is 0 Å². The Balaban J connectivity index is 1.70. The fourth-order valence-corrected chi connectivity index (χ4v) is 3.35. The van der Waals surface area contributed by atoms with Gasteiger partial charge in [0.05, 0.1) is 20.6 Å². The summed E-state index contributed by atoms with van der Waals surface area (Å²) in [5.41, 5.74) is 3.95. The molecule has 1 aliphatic rings. The highest BCUT2D eigenvalue weighted by Gasteiger charge is 2.15. The standard InChI is InChI=1S/C21H26N2O3/c1-15-12-17(23-10-4-5-11-23)6-8-19(15)22-21(24)14-16-13-18(25-2)7-9-20(16)26-3/h6-9,12-13H,4-5,10-11,14H2,1-3H3,(H,22,24). The number of rotatable bonds is 6. The van der Waals surface area contributed by atoms with Crippen molar-refractivity contribution < 1.29 is 14.3 Å². The van der Waals surface area contributed by atoms with E-state index in [4.69, 9.17) is 9.47 Å². The van der Waals surface area contributed by atoms with E-state index in [9.17, 15) is 4.79 Å². The number of methoxy groups -OCH3 is 2. The molecule has 1 saturated heterocycles. The molecule has 0 spiro atoms. The maximum Gasteiger partial charge on any atom is 0.228 e. The van der Waals surface area contributed by atoms with E-state index in [1.807, 2.05) is 31.2 Å². The van der Waals surface area contributed by atoms with Crippen LogP contribution < -0.4 is 19.7 Å². The Bertz CT molecular complexity index is 783. The summed E-state index contributed by atoms with van der Waals surface area (Å²) < 4.78 is 10.6. The highest BCUT2D eigenvalue weighted by atomic mass is 16.5. The van der Waals surface area contributed by atoms with Crippen LogP contribution in [0.1, 0.15) is 24.0 Å². The monoisotopic (exact) mass is 354 g/mol. The van der Waals surface area contributed by atoms with Crippen molar-refractivity contribution in [3.63, 3.8) is 0 Å². The highest BCUT2D eigenvalue weighted by Crippen LogP contribution is 2.27. The lowest BCUT2D eigenvalue weighted by Crippen LogP contribution is -2.18. The van der Waals surface area contributed by atoms with Gasteiger partial charge in [0.1, 0.15) is 11.5 Å². The fraction of sp³-hybridized carbons (Fsp3) is 0.381. The Morgan fingerprint density at radius 1 is 1.08 bits per heavy atom. The molecule has 2 aromatic carbocycles. The van der Waals surface area contributed by atoms with Crippen LogP contribution in [0.2, 0.25) is 0 Å².